The lowest BCUT2D eigenvalue weighted by atomic mass is 10.4. The number of anilines is 1. The molecule has 0 saturated carbocycles. The van der Waals surface area contributed by atoms with Crippen molar-refractivity contribution in [2.45, 2.75) is 13.5 Å². The molecular formula is C10H11BrN6O. The number of hydrogen-bond donors (Lipinski definition) is 2. The van der Waals surface area contributed by atoms with Crippen molar-refractivity contribution in [3.63, 3.8) is 0 Å². The van der Waals surface area contributed by atoms with Gasteiger partial charge in [-0.25, -0.2) is 15.8 Å². The van der Waals surface area contributed by atoms with Crippen LogP contribution in [0.1, 0.15) is 11.4 Å². The highest BCUT2D eigenvalue weighted by Gasteiger charge is 2.06. The number of nitrogens with two attached hydrogens (primary N) is 1. The average molecular weight is 311 g/mol. The van der Waals surface area contributed by atoms with Crippen molar-refractivity contribution >= 4 is 21.7 Å². The number of hydrogen-bond acceptors (Lipinski definition) is 6. The number of hydrazine groups is 1. The Morgan fingerprint density at radius 1 is 1.39 bits per heavy atom. The Bertz CT molecular complexity index is 609. The summed E-state index contributed by atoms with van der Waals surface area (Å²) in [5.74, 6) is 5.66. The minimum atomic E-state index is -0.148. The molecule has 0 fully saturated rings. The maximum Gasteiger partial charge on any atom is 0.268 e. The van der Waals surface area contributed by atoms with Crippen LogP contribution in [0.3, 0.4) is 0 Å². The van der Waals surface area contributed by atoms with E-state index < -0.39 is 0 Å². The normalized spacial score (nSPS) is 10.4. The molecule has 0 atom stereocenters. The molecule has 94 valence electrons. The molecule has 0 aromatic carbocycles. The molecule has 2 heterocycles. The van der Waals surface area contributed by atoms with Crippen molar-refractivity contribution in [2.75, 3.05) is 5.43 Å². The van der Waals surface area contributed by atoms with Gasteiger partial charge in [0.25, 0.3) is 5.56 Å². The highest BCUT2D eigenvalue weighted by Crippen LogP contribution is 2.07. The Kier molecular flexibility index (Phi) is 3.68. The zero-order valence-corrected chi connectivity index (χ0v) is 11.2. The van der Waals surface area contributed by atoms with E-state index in [-0.39, 0.29) is 5.56 Å². The van der Waals surface area contributed by atoms with Gasteiger partial charge in [0.2, 0.25) is 0 Å². The first kappa shape index (κ1) is 12.7. The molecule has 0 aliphatic carbocycles. The molecular weight excluding hydrogens is 300 g/mol. The van der Waals surface area contributed by atoms with Gasteiger partial charge in [0.1, 0.15) is 4.47 Å². The van der Waals surface area contributed by atoms with Crippen LogP contribution in [0.15, 0.2) is 28.0 Å². The third-order valence-electron chi connectivity index (χ3n) is 2.34. The fraction of sp³-hybridized carbons (Fsp3) is 0.200. The molecule has 2 aromatic rings. The predicted molar refractivity (Wildman–Crippen MR) is 69.9 cm³/mol. The molecule has 8 heteroatoms. The average Bonchev–Trinajstić information content (AvgIpc) is 2.40. The van der Waals surface area contributed by atoms with Crippen molar-refractivity contribution in [3.05, 3.63) is 44.9 Å². The first-order valence-corrected chi connectivity index (χ1v) is 5.90. The van der Waals surface area contributed by atoms with Crippen LogP contribution in [0.4, 0.5) is 5.82 Å². The van der Waals surface area contributed by atoms with E-state index in [2.05, 4.69) is 36.3 Å². The van der Waals surface area contributed by atoms with Gasteiger partial charge in [-0.1, -0.05) is 0 Å². The van der Waals surface area contributed by atoms with Crippen LogP contribution < -0.4 is 16.8 Å². The molecule has 0 spiro atoms. The second-order valence-electron chi connectivity index (χ2n) is 3.61. The monoisotopic (exact) mass is 310 g/mol. The van der Waals surface area contributed by atoms with E-state index in [0.29, 0.717) is 28.2 Å². The molecule has 0 saturated heterocycles. The van der Waals surface area contributed by atoms with E-state index in [1.54, 1.807) is 13.1 Å². The highest BCUT2D eigenvalue weighted by molar-refractivity contribution is 9.10. The Labute approximate surface area is 111 Å². The van der Waals surface area contributed by atoms with Gasteiger partial charge in [-0.05, 0) is 22.9 Å². The lowest BCUT2D eigenvalue weighted by Crippen LogP contribution is -2.23. The number of aryl methyl sites for hydroxylation is 1. The van der Waals surface area contributed by atoms with Gasteiger partial charge in [-0.2, -0.15) is 0 Å². The molecule has 2 aromatic heterocycles. The molecule has 0 aliphatic rings. The van der Waals surface area contributed by atoms with Gasteiger partial charge < -0.3 is 5.43 Å². The second-order valence-corrected chi connectivity index (χ2v) is 4.41. The summed E-state index contributed by atoms with van der Waals surface area (Å²) in [5.41, 5.74) is 3.54. The molecule has 18 heavy (non-hydrogen) atoms. The summed E-state index contributed by atoms with van der Waals surface area (Å²) in [6.07, 6.45) is 4.53. The van der Waals surface area contributed by atoms with Crippen LogP contribution in [0.5, 0.6) is 0 Å². The molecule has 7 nitrogen and oxygen atoms in total. The number of halogens is 1. The van der Waals surface area contributed by atoms with Gasteiger partial charge in [0, 0.05) is 0 Å². The largest absolute Gasteiger partial charge is 0.307 e. The Morgan fingerprint density at radius 2 is 2.17 bits per heavy atom. The summed E-state index contributed by atoms with van der Waals surface area (Å²) in [4.78, 5) is 24.2. The summed E-state index contributed by atoms with van der Waals surface area (Å²) in [6, 6.07) is 0. The topological polar surface area (TPSA) is 98.7 Å². The van der Waals surface area contributed by atoms with E-state index >= 15 is 0 Å². The molecule has 0 radical (unpaired) electrons. The van der Waals surface area contributed by atoms with Gasteiger partial charge in [0.05, 0.1) is 36.7 Å². The number of aromatic nitrogens is 4. The third kappa shape index (κ3) is 2.54. The SMILES string of the molecule is Cc1ncn(Cc2cnc(NN)cn2)c(=O)c1Br. The predicted octanol–water partition coefficient (Wildman–Crippen LogP) is 0.438. The lowest BCUT2D eigenvalue weighted by molar-refractivity contribution is 0.705. The molecule has 0 bridgehead atoms. The van der Waals surface area contributed by atoms with Crippen LogP contribution in [0, 0.1) is 6.92 Å². The Morgan fingerprint density at radius 3 is 2.78 bits per heavy atom. The zero-order valence-electron chi connectivity index (χ0n) is 9.59. The maximum atomic E-state index is 11.9. The van der Waals surface area contributed by atoms with Crippen molar-refractivity contribution in [3.8, 4) is 0 Å². The van der Waals surface area contributed by atoms with Crippen molar-refractivity contribution < 1.29 is 0 Å². The summed E-state index contributed by atoms with van der Waals surface area (Å²) < 4.78 is 1.91. The van der Waals surface area contributed by atoms with Gasteiger partial charge in [-0.15, -0.1) is 0 Å². The first-order valence-electron chi connectivity index (χ1n) is 5.11. The van der Waals surface area contributed by atoms with Gasteiger partial charge >= 0.3 is 0 Å². The van der Waals surface area contributed by atoms with Crippen LogP contribution in [0.25, 0.3) is 0 Å². The molecule has 3 N–H and O–H groups in total. The molecule has 0 amide bonds. The quantitative estimate of drug-likeness (QED) is 0.630. The van der Waals surface area contributed by atoms with Gasteiger partial charge in [-0.3, -0.25) is 14.3 Å². The number of rotatable bonds is 3. The second kappa shape index (κ2) is 5.23. The summed E-state index contributed by atoms with van der Waals surface area (Å²) in [7, 11) is 0. The molecule has 0 unspecified atom stereocenters. The minimum Gasteiger partial charge on any atom is -0.307 e. The van der Waals surface area contributed by atoms with Crippen molar-refractivity contribution in [2.24, 2.45) is 5.84 Å². The smallest absolute Gasteiger partial charge is 0.268 e. The summed E-state index contributed by atoms with van der Waals surface area (Å²) in [6.45, 7) is 2.07. The third-order valence-corrected chi connectivity index (χ3v) is 3.26. The van der Waals surface area contributed by atoms with E-state index in [9.17, 15) is 4.79 Å². The standard InChI is InChI=1S/C10H11BrN6O/c1-6-9(11)10(18)17(5-15-6)4-7-2-14-8(16-12)3-13-7/h2-3,5H,4,12H2,1H3,(H,14,16). The van der Waals surface area contributed by atoms with E-state index in [1.165, 1.54) is 17.1 Å². The molecule has 0 aliphatic heterocycles. The van der Waals surface area contributed by atoms with E-state index in [4.69, 9.17) is 5.84 Å². The van der Waals surface area contributed by atoms with Crippen molar-refractivity contribution in [1.82, 2.24) is 19.5 Å². The summed E-state index contributed by atoms with van der Waals surface area (Å²) in [5, 5.41) is 0. The van der Waals surface area contributed by atoms with Crippen LogP contribution >= 0.6 is 15.9 Å². The highest BCUT2D eigenvalue weighted by atomic mass is 79.9. The Hall–Kier alpha value is -1.80. The van der Waals surface area contributed by atoms with Gasteiger partial charge in [0.15, 0.2) is 5.82 Å². The van der Waals surface area contributed by atoms with Crippen LogP contribution in [-0.2, 0) is 6.54 Å². The zero-order chi connectivity index (χ0) is 13.1. The number of nitrogens with zero attached hydrogens (tertiary/aromatic N) is 4. The van der Waals surface area contributed by atoms with Crippen molar-refractivity contribution in [1.29, 1.82) is 0 Å². The van der Waals surface area contributed by atoms with Crippen LogP contribution in [-0.4, -0.2) is 19.5 Å². The fourth-order valence-electron chi connectivity index (χ4n) is 1.34. The maximum absolute atomic E-state index is 11.9. The summed E-state index contributed by atoms with van der Waals surface area (Å²) >= 11 is 3.21. The first-order chi connectivity index (χ1) is 8.61. The lowest BCUT2D eigenvalue weighted by Gasteiger charge is -2.06. The van der Waals surface area contributed by atoms with E-state index in [0.717, 1.165) is 0 Å². The number of nitrogen functional groups attached to an aromatic ring is 1. The van der Waals surface area contributed by atoms with E-state index in [1.807, 2.05) is 0 Å². The fourth-order valence-corrected chi connectivity index (χ4v) is 1.67. The Balaban J connectivity index is 2.28. The van der Waals surface area contributed by atoms with Crippen LogP contribution in [0.2, 0.25) is 0 Å². The number of nitrogens with one attached hydrogen (secondary N) is 1. The minimum absolute atomic E-state index is 0.148. The molecule has 2 rings (SSSR count).